The van der Waals surface area contributed by atoms with Crippen LogP contribution in [0.2, 0.25) is 0 Å². The van der Waals surface area contributed by atoms with Crippen LogP contribution in [-0.4, -0.2) is 32.8 Å². The van der Waals surface area contributed by atoms with Crippen LogP contribution in [0.15, 0.2) is 18.2 Å². The van der Waals surface area contributed by atoms with E-state index in [1.165, 1.54) is 31.2 Å². The Kier molecular flexibility index (Phi) is 5.35. The monoisotopic (exact) mass is 306 g/mol. The van der Waals surface area contributed by atoms with Crippen molar-refractivity contribution < 1.29 is 9.47 Å². The van der Waals surface area contributed by atoms with Crippen LogP contribution >= 0.6 is 0 Å². The number of hydrogen-bond donors (Lipinski definition) is 2. The molecule has 2 rings (SSSR count). The molecule has 3 N–H and O–H groups in total. The lowest BCUT2D eigenvalue weighted by Crippen LogP contribution is -2.50. The van der Waals surface area contributed by atoms with Gasteiger partial charge in [0, 0.05) is 24.0 Å². The largest absolute Gasteiger partial charge is 0.493 e. The van der Waals surface area contributed by atoms with E-state index >= 15 is 0 Å². The van der Waals surface area contributed by atoms with Crippen LogP contribution in [0.3, 0.4) is 0 Å². The van der Waals surface area contributed by atoms with E-state index < -0.39 is 0 Å². The zero-order valence-corrected chi connectivity index (χ0v) is 14.4. The minimum absolute atomic E-state index is 0.0356. The molecular weight excluding hydrogens is 276 g/mol. The van der Waals surface area contributed by atoms with E-state index in [1.807, 2.05) is 6.07 Å². The molecular formula is C18H30N2O2. The summed E-state index contributed by atoms with van der Waals surface area (Å²) in [6.07, 6.45) is 4.96. The predicted octanol–water partition coefficient (Wildman–Crippen LogP) is 2.84. The zero-order chi connectivity index (χ0) is 16.2. The molecule has 0 aliphatic heterocycles. The quantitative estimate of drug-likeness (QED) is 0.813. The number of hydrogen-bond acceptors (Lipinski definition) is 4. The molecule has 0 amide bonds. The molecule has 4 heteroatoms. The Hall–Kier alpha value is -1.26. The van der Waals surface area contributed by atoms with Gasteiger partial charge in [0.1, 0.15) is 0 Å². The standard InChI is InChI=1S/C18H30N2O2/c1-17(2,12-19)20-13-18(9-5-6-10-18)14-7-8-15(21-3)16(11-14)22-4/h7-8,11,20H,5-6,9-10,12-13,19H2,1-4H3. The molecule has 1 aromatic rings. The molecule has 0 radical (unpaired) electrons. The van der Waals surface area contributed by atoms with E-state index in [0.717, 1.165) is 18.0 Å². The summed E-state index contributed by atoms with van der Waals surface area (Å²) in [5, 5.41) is 3.66. The molecule has 0 heterocycles. The van der Waals surface area contributed by atoms with Gasteiger partial charge in [-0.1, -0.05) is 18.9 Å². The first-order valence-electron chi connectivity index (χ1n) is 8.14. The summed E-state index contributed by atoms with van der Waals surface area (Å²) in [6, 6.07) is 6.34. The van der Waals surface area contributed by atoms with Gasteiger partial charge in [-0.05, 0) is 44.4 Å². The summed E-state index contributed by atoms with van der Waals surface area (Å²) in [6.45, 7) is 5.90. The number of nitrogens with two attached hydrogens (primary N) is 1. The normalized spacial score (nSPS) is 17.5. The summed E-state index contributed by atoms with van der Waals surface area (Å²) >= 11 is 0. The molecule has 1 aliphatic rings. The molecule has 0 unspecified atom stereocenters. The summed E-state index contributed by atoms with van der Waals surface area (Å²) in [7, 11) is 3.37. The van der Waals surface area contributed by atoms with Gasteiger partial charge in [0.05, 0.1) is 14.2 Å². The third kappa shape index (κ3) is 3.55. The van der Waals surface area contributed by atoms with Gasteiger partial charge >= 0.3 is 0 Å². The Morgan fingerprint density at radius 2 is 1.77 bits per heavy atom. The second-order valence-corrected chi connectivity index (χ2v) is 7.00. The number of rotatable bonds is 7. The molecule has 1 saturated carbocycles. The van der Waals surface area contributed by atoms with Crippen molar-refractivity contribution >= 4 is 0 Å². The fourth-order valence-electron chi connectivity index (χ4n) is 3.27. The van der Waals surface area contributed by atoms with E-state index in [1.54, 1.807) is 14.2 Å². The molecule has 0 spiro atoms. The molecule has 0 atom stereocenters. The molecule has 22 heavy (non-hydrogen) atoms. The van der Waals surface area contributed by atoms with Crippen LogP contribution in [0.5, 0.6) is 11.5 Å². The Morgan fingerprint density at radius 1 is 1.14 bits per heavy atom. The second kappa shape index (κ2) is 6.88. The lowest BCUT2D eigenvalue weighted by molar-refractivity contribution is 0.318. The molecule has 1 aliphatic carbocycles. The minimum atomic E-state index is -0.0356. The maximum absolute atomic E-state index is 5.86. The zero-order valence-electron chi connectivity index (χ0n) is 14.4. The Labute approximate surface area is 134 Å². The van der Waals surface area contributed by atoms with E-state index in [0.29, 0.717) is 6.54 Å². The van der Waals surface area contributed by atoms with Crippen molar-refractivity contribution in [3.8, 4) is 11.5 Å². The lowest BCUT2D eigenvalue weighted by atomic mass is 9.78. The molecule has 0 bridgehead atoms. The highest BCUT2D eigenvalue weighted by atomic mass is 16.5. The summed E-state index contributed by atoms with van der Waals surface area (Å²) in [5.41, 5.74) is 7.33. The second-order valence-electron chi connectivity index (χ2n) is 7.00. The van der Waals surface area contributed by atoms with Crippen LogP contribution in [0.25, 0.3) is 0 Å². The van der Waals surface area contributed by atoms with Crippen molar-refractivity contribution in [3.63, 3.8) is 0 Å². The Balaban J connectivity index is 2.27. The van der Waals surface area contributed by atoms with Crippen LogP contribution in [0.1, 0.15) is 45.1 Å². The van der Waals surface area contributed by atoms with Gasteiger partial charge in [-0.2, -0.15) is 0 Å². The summed E-state index contributed by atoms with van der Waals surface area (Å²) in [4.78, 5) is 0. The molecule has 124 valence electrons. The van der Waals surface area contributed by atoms with Crippen molar-refractivity contribution in [3.05, 3.63) is 23.8 Å². The van der Waals surface area contributed by atoms with Crippen LogP contribution < -0.4 is 20.5 Å². The Bertz CT molecular complexity index is 494. The molecule has 1 aromatic carbocycles. The lowest BCUT2D eigenvalue weighted by Gasteiger charge is -2.35. The van der Waals surface area contributed by atoms with Crippen molar-refractivity contribution in [2.75, 3.05) is 27.3 Å². The molecule has 4 nitrogen and oxygen atoms in total. The summed E-state index contributed by atoms with van der Waals surface area (Å²) < 4.78 is 10.8. The minimum Gasteiger partial charge on any atom is -0.493 e. The summed E-state index contributed by atoms with van der Waals surface area (Å²) in [5.74, 6) is 1.60. The maximum Gasteiger partial charge on any atom is 0.161 e. The predicted molar refractivity (Wildman–Crippen MR) is 90.8 cm³/mol. The highest BCUT2D eigenvalue weighted by Crippen LogP contribution is 2.43. The van der Waals surface area contributed by atoms with E-state index in [9.17, 15) is 0 Å². The van der Waals surface area contributed by atoms with Gasteiger partial charge < -0.3 is 20.5 Å². The van der Waals surface area contributed by atoms with Gasteiger partial charge in [-0.25, -0.2) is 0 Å². The van der Waals surface area contributed by atoms with Crippen LogP contribution in [-0.2, 0) is 5.41 Å². The van der Waals surface area contributed by atoms with Gasteiger partial charge in [-0.15, -0.1) is 0 Å². The number of methoxy groups -OCH3 is 2. The first kappa shape index (κ1) is 17.1. The van der Waals surface area contributed by atoms with Crippen molar-refractivity contribution in [1.29, 1.82) is 0 Å². The van der Waals surface area contributed by atoms with Gasteiger partial charge in [0.15, 0.2) is 11.5 Å². The molecule has 0 aromatic heterocycles. The number of benzene rings is 1. The van der Waals surface area contributed by atoms with Crippen molar-refractivity contribution in [2.45, 2.75) is 50.5 Å². The topological polar surface area (TPSA) is 56.5 Å². The highest BCUT2D eigenvalue weighted by molar-refractivity contribution is 5.45. The van der Waals surface area contributed by atoms with E-state index in [2.05, 4.69) is 31.3 Å². The smallest absolute Gasteiger partial charge is 0.161 e. The third-order valence-corrected chi connectivity index (χ3v) is 4.97. The molecule has 0 saturated heterocycles. The fraction of sp³-hybridized carbons (Fsp3) is 0.667. The molecule has 1 fully saturated rings. The van der Waals surface area contributed by atoms with Crippen molar-refractivity contribution in [1.82, 2.24) is 5.32 Å². The average Bonchev–Trinajstić information content (AvgIpc) is 3.02. The third-order valence-electron chi connectivity index (χ3n) is 4.97. The van der Waals surface area contributed by atoms with Gasteiger partial charge in [0.2, 0.25) is 0 Å². The van der Waals surface area contributed by atoms with Gasteiger partial charge in [0.25, 0.3) is 0 Å². The van der Waals surface area contributed by atoms with Crippen LogP contribution in [0.4, 0.5) is 0 Å². The highest BCUT2D eigenvalue weighted by Gasteiger charge is 2.37. The maximum atomic E-state index is 5.86. The van der Waals surface area contributed by atoms with Crippen LogP contribution in [0, 0.1) is 0 Å². The first-order valence-corrected chi connectivity index (χ1v) is 8.14. The first-order chi connectivity index (χ1) is 10.5. The number of ether oxygens (including phenoxy) is 2. The Morgan fingerprint density at radius 3 is 2.32 bits per heavy atom. The average molecular weight is 306 g/mol. The SMILES string of the molecule is COc1ccc(C2(CNC(C)(C)CN)CCCC2)cc1OC. The fourth-order valence-corrected chi connectivity index (χ4v) is 3.27. The van der Waals surface area contributed by atoms with E-state index in [-0.39, 0.29) is 11.0 Å². The van der Waals surface area contributed by atoms with E-state index in [4.69, 9.17) is 15.2 Å². The van der Waals surface area contributed by atoms with Gasteiger partial charge in [-0.3, -0.25) is 0 Å². The number of nitrogens with one attached hydrogen (secondary N) is 1. The van der Waals surface area contributed by atoms with Crippen molar-refractivity contribution in [2.24, 2.45) is 5.73 Å².